The Morgan fingerprint density at radius 3 is 2.23 bits per heavy atom. The van der Waals surface area contributed by atoms with E-state index < -0.39 is 0 Å². The highest BCUT2D eigenvalue weighted by molar-refractivity contribution is 5.85. The molecule has 1 saturated carbocycles. The van der Waals surface area contributed by atoms with Gasteiger partial charge in [0.1, 0.15) is 0 Å². The number of nitrogens with zero attached hydrogens (tertiary/aromatic N) is 3. The first-order valence-corrected chi connectivity index (χ1v) is 13.4. The molecular weight excluding hydrogens is 458 g/mol. The van der Waals surface area contributed by atoms with Gasteiger partial charge in [0.05, 0.1) is 24.7 Å². The van der Waals surface area contributed by atoms with E-state index in [1.165, 1.54) is 42.6 Å². The highest BCUT2D eigenvalue weighted by atomic mass is 35.5. The highest BCUT2D eigenvalue weighted by Gasteiger charge is 2.31. The second-order valence-corrected chi connectivity index (χ2v) is 11.7. The number of halogens is 1. The standard InChI is InChI=1S/C29H43N3O2.ClH/c1-22-18-32(19-23(2)34-22)26-5-6-28(27(17-26)25-7-10-29(3,4)11-8-25)31-14-12-30(13-15-31)20-24-9-16-33-21-24;/h5-6,9,16-17,21-23,25H,7-8,10-15,18-20H2,1-4H3;1H/t22-,23+;. The Hall–Kier alpha value is -1.69. The van der Waals surface area contributed by atoms with Gasteiger partial charge < -0.3 is 19.0 Å². The predicted molar refractivity (Wildman–Crippen MR) is 147 cm³/mol. The van der Waals surface area contributed by atoms with Gasteiger partial charge in [-0.25, -0.2) is 0 Å². The van der Waals surface area contributed by atoms with Crippen molar-refractivity contribution in [1.82, 2.24) is 4.90 Å². The van der Waals surface area contributed by atoms with Gasteiger partial charge >= 0.3 is 0 Å². The van der Waals surface area contributed by atoms with Crippen LogP contribution in [0.5, 0.6) is 0 Å². The van der Waals surface area contributed by atoms with Gasteiger partial charge in [-0.3, -0.25) is 4.90 Å². The van der Waals surface area contributed by atoms with Crippen LogP contribution < -0.4 is 9.80 Å². The smallest absolute Gasteiger partial charge is 0.0947 e. The molecule has 0 spiro atoms. The Kier molecular flexibility index (Phi) is 8.40. The molecule has 3 heterocycles. The molecule has 0 unspecified atom stereocenters. The molecule has 2 saturated heterocycles. The molecule has 5 rings (SSSR count). The van der Waals surface area contributed by atoms with Gasteiger partial charge in [0.15, 0.2) is 0 Å². The summed E-state index contributed by atoms with van der Waals surface area (Å²) in [5.41, 5.74) is 6.21. The van der Waals surface area contributed by atoms with Crippen molar-refractivity contribution in [2.45, 2.75) is 78.0 Å². The van der Waals surface area contributed by atoms with E-state index in [1.54, 1.807) is 11.8 Å². The SMILES string of the molecule is C[C@@H]1CN(c2ccc(N3CCN(Cc4ccoc4)CC3)c(C3CCC(C)(C)CC3)c2)C[C@H](C)O1.Cl. The molecule has 35 heavy (non-hydrogen) atoms. The number of furan rings is 1. The second-order valence-electron chi connectivity index (χ2n) is 11.7. The van der Waals surface area contributed by atoms with Crippen molar-refractivity contribution in [3.05, 3.63) is 47.9 Å². The number of hydrogen-bond acceptors (Lipinski definition) is 5. The fourth-order valence-corrected chi connectivity index (χ4v) is 6.24. The van der Waals surface area contributed by atoms with E-state index in [2.05, 4.69) is 66.7 Å². The first-order valence-electron chi connectivity index (χ1n) is 13.4. The van der Waals surface area contributed by atoms with E-state index in [0.717, 1.165) is 45.8 Å². The van der Waals surface area contributed by atoms with E-state index >= 15 is 0 Å². The summed E-state index contributed by atoms with van der Waals surface area (Å²) >= 11 is 0. The molecule has 6 heteroatoms. The molecule has 1 aromatic carbocycles. The Bertz CT molecular complexity index is 919. The first kappa shape index (κ1) is 26.4. The fourth-order valence-electron chi connectivity index (χ4n) is 6.24. The molecule has 1 aliphatic carbocycles. The molecule has 3 aliphatic rings. The number of rotatable bonds is 5. The molecule has 2 atom stereocenters. The molecule has 2 aliphatic heterocycles. The van der Waals surface area contributed by atoms with E-state index in [0.29, 0.717) is 11.3 Å². The van der Waals surface area contributed by atoms with Gasteiger partial charge in [-0.15, -0.1) is 12.4 Å². The Morgan fingerprint density at radius 2 is 1.60 bits per heavy atom. The number of piperazine rings is 1. The molecule has 0 N–H and O–H groups in total. The summed E-state index contributed by atoms with van der Waals surface area (Å²) in [6.45, 7) is 16.6. The largest absolute Gasteiger partial charge is 0.472 e. The Morgan fingerprint density at radius 1 is 0.914 bits per heavy atom. The molecule has 1 aromatic heterocycles. The normalized spacial score (nSPS) is 25.9. The van der Waals surface area contributed by atoms with Crippen molar-refractivity contribution in [2.24, 2.45) is 5.41 Å². The van der Waals surface area contributed by atoms with Gasteiger partial charge in [-0.2, -0.15) is 0 Å². The average Bonchev–Trinajstić information content (AvgIpc) is 3.32. The molecule has 0 amide bonds. The minimum absolute atomic E-state index is 0. The van der Waals surface area contributed by atoms with Crippen molar-refractivity contribution in [3.8, 4) is 0 Å². The van der Waals surface area contributed by atoms with Crippen molar-refractivity contribution in [1.29, 1.82) is 0 Å². The van der Waals surface area contributed by atoms with Gasteiger partial charge in [-0.05, 0) is 80.7 Å². The van der Waals surface area contributed by atoms with E-state index in [9.17, 15) is 0 Å². The molecule has 194 valence electrons. The van der Waals surface area contributed by atoms with Gasteiger partial charge in [0, 0.05) is 62.8 Å². The number of benzene rings is 1. The minimum Gasteiger partial charge on any atom is -0.472 e. The third kappa shape index (κ3) is 6.36. The monoisotopic (exact) mass is 501 g/mol. The summed E-state index contributed by atoms with van der Waals surface area (Å²) in [7, 11) is 0. The summed E-state index contributed by atoms with van der Waals surface area (Å²) < 4.78 is 11.3. The predicted octanol–water partition coefficient (Wildman–Crippen LogP) is 6.32. The Labute approximate surface area is 218 Å². The van der Waals surface area contributed by atoms with Crippen LogP contribution >= 0.6 is 12.4 Å². The third-order valence-electron chi connectivity index (χ3n) is 8.27. The lowest BCUT2D eigenvalue weighted by Crippen LogP contribution is -2.46. The van der Waals surface area contributed by atoms with Crippen LogP contribution in [0.1, 0.15) is 70.4 Å². The fraction of sp³-hybridized carbons (Fsp3) is 0.655. The zero-order valence-electron chi connectivity index (χ0n) is 22.0. The van der Waals surface area contributed by atoms with Crippen LogP contribution in [-0.2, 0) is 11.3 Å². The molecule has 0 bridgehead atoms. The topological polar surface area (TPSA) is 32.1 Å². The summed E-state index contributed by atoms with van der Waals surface area (Å²) in [6, 6.07) is 9.43. The number of anilines is 2. The number of hydrogen-bond donors (Lipinski definition) is 0. The zero-order valence-corrected chi connectivity index (χ0v) is 22.9. The van der Waals surface area contributed by atoms with Crippen LogP contribution in [0.15, 0.2) is 41.2 Å². The summed E-state index contributed by atoms with van der Waals surface area (Å²) in [6.07, 6.45) is 9.48. The first-order chi connectivity index (χ1) is 16.4. The second kappa shape index (κ2) is 11.1. The van der Waals surface area contributed by atoms with Crippen LogP contribution in [0.3, 0.4) is 0 Å². The minimum atomic E-state index is 0. The average molecular weight is 502 g/mol. The molecule has 0 radical (unpaired) electrons. The van der Waals surface area contributed by atoms with E-state index in [-0.39, 0.29) is 24.6 Å². The molecule has 2 aromatic rings. The van der Waals surface area contributed by atoms with Gasteiger partial charge in [0.25, 0.3) is 0 Å². The summed E-state index contributed by atoms with van der Waals surface area (Å²) in [5, 5.41) is 0. The summed E-state index contributed by atoms with van der Waals surface area (Å²) in [5.74, 6) is 0.669. The zero-order chi connectivity index (χ0) is 23.7. The molecule has 5 nitrogen and oxygen atoms in total. The summed E-state index contributed by atoms with van der Waals surface area (Å²) in [4.78, 5) is 7.74. The van der Waals surface area contributed by atoms with Crippen molar-refractivity contribution in [2.75, 3.05) is 49.1 Å². The lowest BCUT2D eigenvalue weighted by atomic mass is 9.71. The maximum Gasteiger partial charge on any atom is 0.0947 e. The lowest BCUT2D eigenvalue weighted by molar-refractivity contribution is -0.00522. The van der Waals surface area contributed by atoms with Crippen LogP contribution in [0, 0.1) is 5.41 Å². The van der Waals surface area contributed by atoms with Crippen LogP contribution in [0.25, 0.3) is 0 Å². The van der Waals surface area contributed by atoms with Crippen molar-refractivity contribution >= 4 is 23.8 Å². The van der Waals surface area contributed by atoms with E-state index in [1.807, 2.05) is 6.26 Å². The maximum atomic E-state index is 6.01. The maximum absolute atomic E-state index is 6.01. The van der Waals surface area contributed by atoms with Crippen molar-refractivity contribution < 1.29 is 9.15 Å². The van der Waals surface area contributed by atoms with Gasteiger partial charge in [0.2, 0.25) is 0 Å². The number of morpholine rings is 1. The lowest BCUT2D eigenvalue weighted by Gasteiger charge is -2.41. The van der Waals surface area contributed by atoms with Crippen LogP contribution in [-0.4, -0.2) is 56.4 Å². The third-order valence-corrected chi connectivity index (χ3v) is 8.27. The van der Waals surface area contributed by atoms with E-state index in [4.69, 9.17) is 9.15 Å². The van der Waals surface area contributed by atoms with Crippen LogP contribution in [0.2, 0.25) is 0 Å². The number of ether oxygens (including phenoxy) is 1. The van der Waals surface area contributed by atoms with Crippen molar-refractivity contribution in [3.63, 3.8) is 0 Å². The molecule has 3 fully saturated rings. The quantitative estimate of drug-likeness (QED) is 0.478. The molecular formula is C29H44ClN3O2. The highest BCUT2D eigenvalue weighted by Crippen LogP contribution is 2.46. The van der Waals surface area contributed by atoms with Crippen LogP contribution in [0.4, 0.5) is 11.4 Å². The Balaban J connectivity index is 0.00000289. The van der Waals surface area contributed by atoms with Gasteiger partial charge in [-0.1, -0.05) is 13.8 Å².